The van der Waals surface area contributed by atoms with Crippen LogP contribution in [0.2, 0.25) is 0 Å². The lowest BCUT2D eigenvalue weighted by molar-refractivity contribution is -0.605. The number of pyridine rings is 1. The maximum Gasteiger partial charge on any atom is 0.251 e. The number of carbonyl (C=O) groups excluding carboxylic acids is 2. The van der Waals surface area contributed by atoms with Crippen molar-refractivity contribution in [2.24, 2.45) is 0 Å². The van der Waals surface area contributed by atoms with E-state index in [1.807, 2.05) is 0 Å². The number of carbonyl (C=O) groups is 2. The molecule has 0 aliphatic heterocycles. The van der Waals surface area contributed by atoms with Gasteiger partial charge in [0, 0.05) is 30.8 Å². The molecule has 0 aliphatic rings. The molecule has 0 atom stereocenters. The predicted octanol–water partition coefficient (Wildman–Crippen LogP) is 0.575. The van der Waals surface area contributed by atoms with Crippen LogP contribution in [0.3, 0.4) is 0 Å². The zero-order valence-corrected chi connectivity index (χ0v) is 12.4. The monoisotopic (exact) mass is 315 g/mol. The third kappa shape index (κ3) is 4.99. The fraction of sp³-hybridized carbons (Fsp3) is 0.188. The van der Waals surface area contributed by atoms with E-state index in [0.717, 1.165) is 0 Å². The molecule has 2 aromatic rings. The second kappa shape index (κ2) is 7.79. The Balaban J connectivity index is 1.68. The van der Waals surface area contributed by atoms with Crippen LogP contribution >= 0.6 is 0 Å². The Bertz CT molecular complexity index is 686. The summed E-state index contributed by atoms with van der Waals surface area (Å²) in [5.74, 6) is -0.521. The minimum atomic E-state index is -0.282. The smallest absolute Gasteiger partial charge is 0.251 e. The van der Waals surface area contributed by atoms with Gasteiger partial charge in [0.05, 0.1) is 5.56 Å². The van der Waals surface area contributed by atoms with E-state index in [1.54, 1.807) is 12.1 Å². The van der Waals surface area contributed by atoms with Gasteiger partial charge in [-0.2, -0.15) is 4.73 Å². The second-order valence-electron chi connectivity index (χ2n) is 4.86. The molecule has 0 bridgehead atoms. The summed E-state index contributed by atoms with van der Waals surface area (Å²) < 4.78 is 0.605. The van der Waals surface area contributed by atoms with Crippen molar-refractivity contribution >= 4 is 11.8 Å². The normalized spacial score (nSPS) is 10.1. The van der Waals surface area contributed by atoms with Crippen molar-refractivity contribution in [3.8, 4) is 5.75 Å². The molecular formula is C16H17N3O4. The van der Waals surface area contributed by atoms with E-state index in [1.165, 1.54) is 36.7 Å². The Morgan fingerprint density at radius 3 is 2.22 bits per heavy atom. The highest BCUT2D eigenvalue weighted by atomic mass is 16.5. The van der Waals surface area contributed by atoms with Gasteiger partial charge in [0.25, 0.3) is 11.8 Å². The van der Waals surface area contributed by atoms with Crippen molar-refractivity contribution in [1.29, 1.82) is 0 Å². The van der Waals surface area contributed by atoms with E-state index in [9.17, 15) is 19.9 Å². The molecular weight excluding hydrogens is 298 g/mol. The first-order valence-electron chi connectivity index (χ1n) is 7.10. The minimum Gasteiger partial charge on any atom is -0.619 e. The zero-order chi connectivity index (χ0) is 16.7. The van der Waals surface area contributed by atoms with Gasteiger partial charge >= 0.3 is 0 Å². The van der Waals surface area contributed by atoms with Gasteiger partial charge in [0.15, 0.2) is 12.4 Å². The van der Waals surface area contributed by atoms with Crippen molar-refractivity contribution in [1.82, 2.24) is 10.6 Å². The molecule has 7 heteroatoms. The van der Waals surface area contributed by atoms with Crippen LogP contribution in [0.5, 0.6) is 5.75 Å². The van der Waals surface area contributed by atoms with Gasteiger partial charge in [-0.3, -0.25) is 9.59 Å². The first-order chi connectivity index (χ1) is 11.1. The molecule has 0 radical (unpaired) electrons. The van der Waals surface area contributed by atoms with Crippen LogP contribution in [0.1, 0.15) is 27.1 Å². The lowest BCUT2D eigenvalue weighted by Crippen LogP contribution is -2.31. The van der Waals surface area contributed by atoms with Crippen molar-refractivity contribution in [2.45, 2.75) is 6.42 Å². The number of hydrogen-bond acceptors (Lipinski definition) is 4. The Hall–Kier alpha value is -3.09. The number of hydrogen-bond donors (Lipinski definition) is 3. The Morgan fingerprint density at radius 1 is 1.00 bits per heavy atom. The van der Waals surface area contributed by atoms with Crippen LogP contribution < -0.4 is 15.4 Å². The number of rotatable bonds is 6. The molecule has 0 unspecified atom stereocenters. The molecule has 0 saturated carbocycles. The van der Waals surface area contributed by atoms with Gasteiger partial charge in [-0.15, -0.1) is 0 Å². The fourth-order valence-corrected chi connectivity index (χ4v) is 1.91. The van der Waals surface area contributed by atoms with E-state index in [-0.39, 0.29) is 17.6 Å². The van der Waals surface area contributed by atoms with Crippen molar-refractivity contribution < 1.29 is 19.4 Å². The molecule has 0 aliphatic carbocycles. The quantitative estimate of drug-likeness (QED) is 0.412. The van der Waals surface area contributed by atoms with E-state index in [4.69, 9.17) is 0 Å². The number of aromatic nitrogens is 1. The van der Waals surface area contributed by atoms with E-state index < -0.39 is 0 Å². The summed E-state index contributed by atoms with van der Waals surface area (Å²) in [6.45, 7) is 0.787. The second-order valence-corrected chi connectivity index (χ2v) is 4.86. The van der Waals surface area contributed by atoms with Crippen LogP contribution in [-0.2, 0) is 0 Å². The summed E-state index contributed by atoms with van der Waals surface area (Å²) in [5.41, 5.74) is 0.783. The first-order valence-corrected chi connectivity index (χ1v) is 7.10. The van der Waals surface area contributed by atoms with Crippen LogP contribution in [0.25, 0.3) is 0 Å². The molecule has 0 spiro atoms. The van der Waals surface area contributed by atoms with Crippen LogP contribution in [-0.4, -0.2) is 30.0 Å². The SMILES string of the molecule is O=C(NCCCNC(=O)c1cccc(O)c1)c1cc[n+]([O-])cc1. The highest BCUT2D eigenvalue weighted by Crippen LogP contribution is 2.10. The maximum atomic E-state index is 11.8. The summed E-state index contributed by atoms with van der Waals surface area (Å²) in [7, 11) is 0. The molecule has 3 N–H and O–H groups in total. The van der Waals surface area contributed by atoms with Crippen LogP contribution in [0, 0.1) is 5.21 Å². The molecule has 0 fully saturated rings. The third-order valence-corrected chi connectivity index (χ3v) is 3.10. The Labute approximate surface area is 133 Å². The minimum absolute atomic E-state index is 0.0344. The van der Waals surface area contributed by atoms with Gasteiger partial charge in [-0.1, -0.05) is 6.07 Å². The standard InChI is InChI=1S/C16H17N3O4/c20-14-4-1-3-13(11-14)16(22)18-8-2-7-17-15(21)12-5-9-19(23)10-6-12/h1,3-6,9-11,20H,2,7-8H2,(H,17,21)(H,18,22). The average Bonchev–Trinajstić information content (AvgIpc) is 2.54. The molecule has 0 saturated heterocycles. The highest BCUT2D eigenvalue weighted by Gasteiger charge is 2.07. The topological polar surface area (TPSA) is 105 Å². The lowest BCUT2D eigenvalue weighted by atomic mass is 10.2. The fourth-order valence-electron chi connectivity index (χ4n) is 1.91. The van der Waals surface area contributed by atoms with Crippen molar-refractivity contribution in [3.05, 3.63) is 65.1 Å². The van der Waals surface area contributed by atoms with Gasteiger partial charge < -0.3 is 20.9 Å². The molecule has 23 heavy (non-hydrogen) atoms. The molecule has 2 rings (SSSR count). The summed E-state index contributed by atoms with van der Waals surface area (Å²) >= 11 is 0. The Morgan fingerprint density at radius 2 is 1.61 bits per heavy atom. The van der Waals surface area contributed by atoms with Gasteiger partial charge in [-0.25, -0.2) is 0 Å². The number of phenolic OH excluding ortho intramolecular Hbond substituents is 1. The van der Waals surface area contributed by atoms with E-state index >= 15 is 0 Å². The Kier molecular flexibility index (Phi) is 5.51. The average molecular weight is 315 g/mol. The van der Waals surface area contributed by atoms with Gasteiger partial charge in [0.1, 0.15) is 5.75 Å². The predicted molar refractivity (Wildman–Crippen MR) is 82.8 cm³/mol. The number of amides is 2. The molecule has 2 amide bonds. The number of phenols is 1. The van der Waals surface area contributed by atoms with Gasteiger partial charge in [0.2, 0.25) is 0 Å². The molecule has 120 valence electrons. The highest BCUT2D eigenvalue weighted by molar-refractivity contribution is 5.94. The van der Waals surface area contributed by atoms with Crippen LogP contribution in [0.15, 0.2) is 48.8 Å². The third-order valence-electron chi connectivity index (χ3n) is 3.10. The summed E-state index contributed by atoms with van der Waals surface area (Å²) in [6, 6.07) is 8.95. The number of aromatic hydroxyl groups is 1. The van der Waals surface area contributed by atoms with E-state index in [0.29, 0.717) is 35.4 Å². The largest absolute Gasteiger partial charge is 0.619 e. The summed E-state index contributed by atoms with van der Waals surface area (Å²) in [4.78, 5) is 23.6. The lowest BCUT2D eigenvalue weighted by Gasteiger charge is -2.07. The van der Waals surface area contributed by atoms with E-state index in [2.05, 4.69) is 10.6 Å². The maximum absolute atomic E-state index is 11.8. The van der Waals surface area contributed by atoms with Gasteiger partial charge in [-0.05, 0) is 24.6 Å². The molecule has 1 heterocycles. The molecule has 1 aromatic heterocycles. The van der Waals surface area contributed by atoms with Crippen molar-refractivity contribution in [3.63, 3.8) is 0 Å². The molecule has 7 nitrogen and oxygen atoms in total. The molecule has 1 aromatic carbocycles. The van der Waals surface area contributed by atoms with Crippen molar-refractivity contribution in [2.75, 3.05) is 13.1 Å². The summed E-state index contributed by atoms with van der Waals surface area (Å²) in [6.07, 6.45) is 3.07. The summed E-state index contributed by atoms with van der Waals surface area (Å²) in [5, 5.41) is 25.6. The number of benzene rings is 1. The zero-order valence-electron chi connectivity index (χ0n) is 12.4. The number of nitrogens with one attached hydrogen (secondary N) is 2. The first kappa shape index (κ1) is 16.3. The number of nitrogens with zero attached hydrogens (tertiary/aromatic N) is 1. The van der Waals surface area contributed by atoms with Crippen LogP contribution in [0.4, 0.5) is 0 Å².